The van der Waals surface area contributed by atoms with Crippen LogP contribution in [0.3, 0.4) is 0 Å². The largest absolute Gasteiger partial charge is 0.381 e. The van der Waals surface area contributed by atoms with Crippen molar-refractivity contribution in [1.82, 2.24) is 15.5 Å². The zero-order chi connectivity index (χ0) is 17.0. The number of likely N-dealkylation sites (N-methyl/N-ethyl adjacent to an activating group) is 1. The highest BCUT2D eigenvalue weighted by atomic mass is 16.5. The first kappa shape index (κ1) is 17.7. The van der Waals surface area contributed by atoms with E-state index < -0.39 is 5.54 Å². The molecule has 0 aromatic rings. The highest BCUT2D eigenvalue weighted by molar-refractivity contribution is 5.88. The molecule has 0 unspecified atom stereocenters. The van der Waals surface area contributed by atoms with Crippen LogP contribution in [0.5, 0.6) is 0 Å². The second-order valence-corrected chi connectivity index (χ2v) is 7.42. The zero-order valence-corrected chi connectivity index (χ0v) is 14.8. The van der Waals surface area contributed by atoms with E-state index >= 15 is 0 Å². The fraction of sp³-hybridized carbons (Fsp3) is 0.889. The lowest BCUT2D eigenvalue weighted by Crippen LogP contribution is -2.64. The average Bonchev–Trinajstić information content (AvgIpc) is 3.13. The lowest BCUT2D eigenvalue weighted by molar-refractivity contribution is -0.145. The van der Waals surface area contributed by atoms with Crippen molar-refractivity contribution in [3.05, 3.63) is 0 Å². The molecular formula is C18H31N3O3. The minimum absolute atomic E-state index is 0.0307. The van der Waals surface area contributed by atoms with E-state index in [1.807, 2.05) is 0 Å². The van der Waals surface area contributed by atoms with E-state index in [2.05, 4.69) is 15.5 Å². The van der Waals surface area contributed by atoms with Gasteiger partial charge in [0.1, 0.15) is 5.54 Å². The van der Waals surface area contributed by atoms with Crippen LogP contribution in [0, 0.1) is 0 Å². The standard InChI is InChI=1S/C18H31N3O3/c1-19-17(23)18(9-12-24-13-10-18)21-11-5-8-15(21)16(22)20-14-6-3-2-4-7-14/h14-15H,2-13H2,1H3,(H,19,23)(H,20,22)/t15-/m0/s1. The van der Waals surface area contributed by atoms with Gasteiger partial charge in [-0.2, -0.15) is 0 Å². The van der Waals surface area contributed by atoms with Gasteiger partial charge in [0.15, 0.2) is 0 Å². The number of nitrogens with one attached hydrogen (secondary N) is 2. The van der Waals surface area contributed by atoms with Crippen molar-refractivity contribution in [1.29, 1.82) is 0 Å². The van der Waals surface area contributed by atoms with Gasteiger partial charge in [0, 0.05) is 32.8 Å². The van der Waals surface area contributed by atoms with E-state index in [0.29, 0.717) is 32.1 Å². The first-order valence-electron chi connectivity index (χ1n) is 9.54. The lowest BCUT2D eigenvalue weighted by Gasteiger charge is -2.45. The number of hydrogen-bond acceptors (Lipinski definition) is 4. The molecule has 1 aliphatic carbocycles. The molecular weight excluding hydrogens is 306 g/mol. The van der Waals surface area contributed by atoms with Crippen LogP contribution in [0.15, 0.2) is 0 Å². The van der Waals surface area contributed by atoms with Crippen LogP contribution in [0.4, 0.5) is 0 Å². The normalized spacial score (nSPS) is 28.5. The van der Waals surface area contributed by atoms with E-state index in [-0.39, 0.29) is 17.9 Å². The monoisotopic (exact) mass is 337 g/mol. The van der Waals surface area contributed by atoms with Crippen LogP contribution in [-0.4, -0.2) is 61.1 Å². The van der Waals surface area contributed by atoms with Gasteiger partial charge in [-0.3, -0.25) is 14.5 Å². The predicted molar refractivity (Wildman–Crippen MR) is 91.6 cm³/mol. The van der Waals surface area contributed by atoms with Crippen molar-refractivity contribution >= 4 is 11.8 Å². The Bertz CT molecular complexity index is 456. The number of nitrogens with zero attached hydrogens (tertiary/aromatic N) is 1. The summed E-state index contributed by atoms with van der Waals surface area (Å²) in [7, 11) is 1.69. The minimum atomic E-state index is -0.585. The summed E-state index contributed by atoms with van der Waals surface area (Å²) in [6, 6.07) is 0.140. The molecule has 2 saturated heterocycles. The molecule has 3 fully saturated rings. The van der Waals surface area contributed by atoms with Crippen LogP contribution in [0.1, 0.15) is 57.8 Å². The highest BCUT2D eigenvalue weighted by Crippen LogP contribution is 2.35. The van der Waals surface area contributed by atoms with Crippen molar-refractivity contribution in [2.45, 2.75) is 75.4 Å². The Morgan fingerprint density at radius 2 is 1.75 bits per heavy atom. The van der Waals surface area contributed by atoms with Crippen LogP contribution < -0.4 is 10.6 Å². The van der Waals surface area contributed by atoms with Crippen molar-refractivity contribution < 1.29 is 14.3 Å². The maximum absolute atomic E-state index is 12.9. The van der Waals surface area contributed by atoms with Crippen LogP contribution >= 0.6 is 0 Å². The molecule has 1 atom stereocenters. The summed E-state index contributed by atoms with van der Waals surface area (Å²) in [4.78, 5) is 27.8. The van der Waals surface area contributed by atoms with E-state index in [1.165, 1.54) is 19.3 Å². The van der Waals surface area contributed by atoms with Gasteiger partial charge in [0.2, 0.25) is 11.8 Å². The summed E-state index contributed by atoms with van der Waals surface area (Å²) in [5.74, 6) is 0.150. The number of carbonyl (C=O) groups excluding carboxylic acids is 2. The van der Waals surface area contributed by atoms with E-state index in [0.717, 1.165) is 32.2 Å². The predicted octanol–water partition coefficient (Wildman–Crippen LogP) is 1.19. The number of ether oxygens (including phenoxy) is 1. The number of amides is 2. The molecule has 0 spiro atoms. The summed E-state index contributed by atoms with van der Waals surface area (Å²) in [6.07, 6.45) is 9.03. The average molecular weight is 337 g/mol. The maximum atomic E-state index is 12.9. The molecule has 2 heterocycles. The minimum Gasteiger partial charge on any atom is -0.381 e. The SMILES string of the molecule is CNC(=O)C1(N2CCC[C@H]2C(=O)NC2CCCCC2)CCOCC1. The number of rotatable bonds is 4. The number of carbonyl (C=O) groups is 2. The van der Waals surface area contributed by atoms with Crippen molar-refractivity contribution in [2.75, 3.05) is 26.8 Å². The third kappa shape index (κ3) is 3.45. The Kier molecular flexibility index (Phi) is 5.76. The molecule has 0 radical (unpaired) electrons. The summed E-state index contributed by atoms with van der Waals surface area (Å²) >= 11 is 0. The number of hydrogen-bond donors (Lipinski definition) is 2. The van der Waals surface area contributed by atoms with Crippen LogP contribution in [0.25, 0.3) is 0 Å². The first-order chi connectivity index (χ1) is 11.7. The topological polar surface area (TPSA) is 70.7 Å². The summed E-state index contributed by atoms with van der Waals surface area (Å²) in [5.41, 5.74) is -0.585. The number of likely N-dealkylation sites (tertiary alicyclic amines) is 1. The quantitative estimate of drug-likeness (QED) is 0.809. The van der Waals surface area contributed by atoms with E-state index in [1.54, 1.807) is 7.05 Å². The smallest absolute Gasteiger partial charge is 0.240 e. The van der Waals surface area contributed by atoms with Crippen LogP contribution in [0.2, 0.25) is 0 Å². The first-order valence-corrected chi connectivity index (χ1v) is 9.54. The summed E-state index contributed by atoms with van der Waals surface area (Å²) in [6.45, 7) is 1.98. The second-order valence-electron chi connectivity index (χ2n) is 7.42. The van der Waals surface area contributed by atoms with Crippen molar-refractivity contribution in [3.8, 4) is 0 Å². The van der Waals surface area contributed by atoms with Gasteiger partial charge in [-0.1, -0.05) is 19.3 Å². The van der Waals surface area contributed by atoms with E-state index in [9.17, 15) is 9.59 Å². The molecule has 6 heteroatoms. The fourth-order valence-corrected chi connectivity index (χ4v) is 4.68. The Labute approximate surface area is 144 Å². The van der Waals surface area contributed by atoms with E-state index in [4.69, 9.17) is 4.74 Å². The Morgan fingerprint density at radius 1 is 1.04 bits per heavy atom. The zero-order valence-electron chi connectivity index (χ0n) is 14.8. The van der Waals surface area contributed by atoms with Crippen LogP contribution in [-0.2, 0) is 14.3 Å². The summed E-state index contributed by atoms with van der Waals surface area (Å²) in [5, 5.41) is 6.09. The second kappa shape index (κ2) is 7.83. The third-order valence-corrected chi connectivity index (χ3v) is 6.03. The van der Waals surface area contributed by atoms with Crippen molar-refractivity contribution in [3.63, 3.8) is 0 Å². The van der Waals surface area contributed by atoms with Gasteiger partial charge >= 0.3 is 0 Å². The Morgan fingerprint density at radius 3 is 2.42 bits per heavy atom. The molecule has 3 rings (SSSR count). The molecule has 3 aliphatic rings. The highest BCUT2D eigenvalue weighted by Gasteiger charge is 2.50. The molecule has 0 aromatic carbocycles. The van der Waals surface area contributed by atoms with Gasteiger partial charge < -0.3 is 15.4 Å². The lowest BCUT2D eigenvalue weighted by atomic mass is 9.86. The maximum Gasteiger partial charge on any atom is 0.240 e. The van der Waals surface area contributed by atoms with Crippen molar-refractivity contribution in [2.24, 2.45) is 0 Å². The molecule has 2 aliphatic heterocycles. The molecule has 2 N–H and O–H groups in total. The molecule has 136 valence electrons. The summed E-state index contributed by atoms with van der Waals surface area (Å²) < 4.78 is 5.49. The molecule has 0 aromatic heterocycles. The molecule has 0 bridgehead atoms. The Balaban J connectivity index is 1.72. The fourth-order valence-electron chi connectivity index (χ4n) is 4.68. The molecule has 2 amide bonds. The van der Waals surface area contributed by atoms with Gasteiger partial charge in [-0.25, -0.2) is 0 Å². The molecule has 6 nitrogen and oxygen atoms in total. The van der Waals surface area contributed by atoms with Gasteiger partial charge in [-0.15, -0.1) is 0 Å². The molecule has 1 saturated carbocycles. The Hall–Kier alpha value is -1.14. The van der Waals surface area contributed by atoms with Gasteiger partial charge in [0.25, 0.3) is 0 Å². The molecule has 24 heavy (non-hydrogen) atoms. The van der Waals surface area contributed by atoms with Gasteiger partial charge in [0.05, 0.1) is 6.04 Å². The third-order valence-electron chi connectivity index (χ3n) is 6.03. The van der Waals surface area contributed by atoms with Gasteiger partial charge in [-0.05, 0) is 38.5 Å².